The summed E-state index contributed by atoms with van der Waals surface area (Å²) in [6.45, 7) is 1.50. The SMILES string of the molecule is COc1cc(OC)c(Br)c(C(C)=O)c1. The van der Waals surface area contributed by atoms with Gasteiger partial charge in [-0.1, -0.05) is 0 Å². The van der Waals surface area contributed by atoms with Crippen molar-refractivity contribution in [2.75, 3.05) is 14.2 Å². The van der Waals surface area contributed by atoms with Crippen LogP contribution in [0.15, 0.2) is 16.6 Å². The summed E-state index contributed by atoms with van der Waals surface area (Å²) in [6, 6.07) is 3.39. The van der Waals surface area contributed by atoms with E-state index < -0.39 is 0 Å². The Morgan fingerprint density at radius 1 is 1.29 bits per heavy atom. The van der Waals surface area contributed by atoms with Crippen molar-refractivity contribution in [3.05, 3.63) is 22.2 Å². The van der Waals surface area contributed by atoms with Crippen molar-refractivity contribution in [3.63, 3.8) is 0 Å². The monoisotopic (exact) mass is 258 g/mol. The minimum absolute atomic E-state index is 0.0333. The van der Waals surface area contributed by atoms with Gasteiger partial charge in [-0.05, 0) is 28.9 Å². The fourth-order valence-corrected chi connectivity index (χ4v) is 1.77. The van der Waals surface area contributed by atoms with Gasteiger partial charge in [-0.3, -0.25) is 4.79 Å². The first kappa shape index (κ1) is 11.0. The smallest absolute Gasteiger partial charge is 0.161 e. The molecular weight excluding hydrogens is 248 g/mol. The molecule has 0 heterocycles. The lowest BCUT2D eigenvalue weighted by molar-refractivity contribution is 0.101. The molecule has 0 unspecified atom stereocenters. The minimum Gasteiger partial charge on any atom is -0.497 e. The summed E-state index contributed by atoms with van der Waals surface area (Å²) in [5.74, 6) is 1.17. The van der Waals surface area contributed by atoms with Crippen molar-refractivity contribution < 1.29 is 14.3 Å². The number of carbonyl (C=O) groups excluding carboxylic acids is 1. The van der Waals surface area contributed by atoms with E-state index in [2.05, 4.69) is 15.9 Å². The average Bonchev–Trinajstić information content (AvgIpc) is 2.17. The quantitative estimate of drug-likeness (QED) is 0.783. The highest BCUT2D eigenvalue weighted by Gasteiger charge is 2.12. The number of rotatable bonds is 3. The van der Waals surface area contributed by atoms with E-state index in [1.165, 1.54) is 6.92 Å². The Morgan fingerprint density at radius 2 is 1.93 bits per heavy atom. The molecule has 3 nitrogen and oxygen atoms in total. The normalized spacial score (nSPS) is 9.71. The molecule has 1 rings (SSSR count). The van der Waals surface area contributed by atoms with E-state index in [4.69, 9.17) is 9.47 Å². The minimum atomic E-state index is -0.0333. The lowest BCUT2D eigenvalue weighted by Crippen LogP contribution is -1.98. The van der Waals surface area contributed by atoms with Crippen LogP contribution in [-0.4, -0.2) is 20.0 Å². The zero-order valence-corrected chi connectivity index (χ0v) is 9.84. The van der Waals surface area contributed by atoms with E-state index in [1.807, 2.05) is 0 Å². The number of Topliss-reactive ketones (excluding diaryl/α,β-unsaturated/α-hetero) is 1. The van der Waals surface area contributed by atoms with Gasteiger partial charge >= 0.3 is 0 Å². The molecule has 0 amide bonds. The summed E-state index contributed by atoms with van der Waals surface area (Å²) in [4.78, 5) is 11.3. The summed E-state index contributed by atoms with van der Waals surface area (Å²) < 4.78 is 10.8. The molecule has 0 bridgehead atoms. The van der Waals surface area contributed by atoms with Crippen LogP contribution in [0.1, 0.15) is 17.3 Å². The zero-order chi connectivity index (χ0) is 10.7. The fraction of sp³-hybridized carbons (Fsp3) is 0.300. The van der Waals surface area contributed by atoms with Gasteiger partial charge in [0.25, 0.3) is 0 Å². The van der Waals surface area contributed by atoms with Gasteiger partial charge in [0.1, 0.15) is 11.5 Å². The number of hydrogen-bond acceptors (Lipinski definition) is 3. The number of ketones is 1. The van der Waals surface area contributed by atoms with Crippen molar-refractivity contribution in [1.82, 2.24) is 0 Å². The molecule has 1 aromatic rings. The molecule has 76 valence electrons. The van der Waals surface area contributed by atoms with E-state index in [0.717, 1.165) is 0 Å². The Balaban J connectivity index is 3.34. The number of hydrogen-bond donors (Lipinski definition) is 0. The van der Waals surface area contributed by atoms with Crippen molar-refractivity contribution in [2.45, 2.75) is 6.92 Å². The van der Waals surface area contributed by atoms with Crippen molar-refractivity contribution in [3.8, 4) is 11.5 Å². The van der Waals surface area contributed by atoms with Gasteiger partial charge in [0, 0.05) is 11.6 Å². The lowest BCUT2D eigenvalue weighted by Gasteiger charge is -2.09. The Bertz CT molecular complexity index is 361. The molecule has 0 aromatic heterocycles. The van der Waals surface area contributed by atoms with Crippen molar-refractivity contribution in [2.24, 2.45) is 0 Å². The first-order valence-corrected chi connectivity index (χ1v) is 4.82. The maximum Gasteiger partial charge on any atom is 0.161 e. The molecule has 0 aliphatic carbocycles. The van der Waals surface area contributed by atoms with Crippen molar-refractivity contribution >= 4 is 21.7 Å². The van der Waals surface area contributed by atoms with Gasteiger partial charge in [-0.25, -0.2) is 0 Å². The maximum absolute atomic E-state index is 11.3. The van der Waals surface area contributed by atoms with E-state index in [-0.39, 0.29) is 5.78 Å². The number of halogens is 1. The highest BCUT2D eigenvalue weighted by molar-refractivity contribution is 9.10. The molecule has 1 aromatic carbocycles. The molecule has 0 spiro atoms. The highest BCUT2D eigenvalue weighted by atomic mass is 79.9. The predicted molar refractivity (Wildman–Crippen MR) is 57.3 cm³/mol. The average molecular weight is 259 g/mol. The van der Waals surface area contributed by atoms with E-state index in [9.17, 15) is 4.79 Å². The second-order valence-corrected chi connectivity index (χ2v) is 3.54. The van der Waals surface area contributed by atoms with Crippen LogP contribution >= 0.6 is 15.9 Å². The number of ether oxygens (including phenoxy) is 2. The van der Waals surface area contributed by atoms with Gasteiger partial charge in [0.2, 0.25) is 0 Å². The van der Waals surface area contributed by atoms with Gasteiger partial charge in [-0.2, -0.15) is 0 Å². The summed E-state index contributed by atoms with van der Waals surface area (Å²) in [5, 5.41) is 0. The molecule has 0 saturated carbocycles. The standard InChI is InChI=1S/C10H11BrO3/c1-6(12)8-4-7(13-2)5-9(14-3)10(8)11/h4-5H,1-3H3. The fourth-order valence-electron chi connectivity index (χ4n) is 1.10. The van der Waals surface area contributed by atoms with Gasteiger partial charge in [0.05, 0.1) is 18.7 Å². The molecule has 0 radical (unpaired) electrons. The largest absolute Gasteiger partial charge is 0.497 e. The van der Waals surface area contributed by atoms with Crippen LogP contribution in [0.5, 0.6) is 11.5 Å². The highest BCUT2D eigenvalue weighted by Crippen LogP contribution is 2.33. The van der Waals surface area contributed by atoms with E-state index in [1.54, 1.807) is 26.4 Å². The third kappa shape index (κ3) is 2.07. The van der Waals surface area contributed by atoms with E-state index in [0.29, 0.717) is 21.5 Å². The molecule has 0 saturated heterocycles. The first-order chi connectivity index (χ1) is 6.60. The van der Waals surface area contributed by atoms with Crippen LogP contribution in [0.2, 0.25) is 0 Å². The summed E-state index contributed by atoms with van der Waals surface area (Å²) in [7, 11) is 3.09. The van der Waals surface area contributed by atoms with Crippen LogP contribution in [0, 0.1) is 0 Å². The number of benzene rings is 1. The molecule has 0 atom stereocenters. The molecular formula is C10H11BrO3. The summed E-state index contributed by atoms with van der Waals surface area (Å²) >= 11 is 3.30. The molecule has 0 aliphatic rings. The Morgan fingerprint density at radius 3 is 2.36 bits per heavy atom. The van der Waals surface area contributed by atoms with Gasteiger partial charge in [-0.15, -0.1) is 0 Å². The van der Waals surface area contributed by atoms with Crippen LogP contribution in [0.3, 0.4) is 0 Å². The Hall–Kier alpha value is -1.03. The van der Waals surface area contributed by atoms with Gasteiger partial charge in [0.15, 0.2) is 5.78 Å². The number of carbonyl (C=O) groups is 1. The molecule has 0 fully saturated rings. The van der Waals surface area contributed by atoms with Gasteiger partial charge < -0.3 is 9.47 Å². The van der Waals surface area contributed by atoms with Crippen LogP contribution in [0.25, 0.3) is 0 Å². The van der Waals surface area contributed by atoms with Crippen LogP contribution in [-0.2, 0) is 0 Å². The zero-order valence-electron chi connectivity index (χ0n) is 8.26. The number of methoxy groups -OCH3 is 2. The Labute approximate surface area is 91.1 Å². The second-order valence-electron chi connectivity index (χ2n) is 2.75. The lowest BCUT2D eigenvalue weighted by atomic mass is 10.1. The van der Waals surface area contributed by atoms with E-state index >= 15 is 0 Å². The summed E-state index contributed by atoms with van der Waals surface area (Å²) in [5.41, 5.74) is 0.557. The third-order valence-corrected chi connectivity index (χ3v) is 2.67. The molecule has 0 N–H and O–H groups in total. The topological polar surface area (TPSA) is 35.5 Å². The van der Waals surface area contributed by atoms with Crippen LogP contribution in [0.4, 0.5) is 0 Å². The Kier molecular flexibility index (Phi) is 3.52. The second kappa shape index (κ2) is 4.46. The van der Waals surface area contributed by atoms with Crippen LogP contribution < -0.4 is 9.47 Å². The third-order valence-electron chi connectivity index (χ3n) is 1.85. The maximum atomic E-state index is 11.3. The van der Waals surface area contributed by atoms with Crippen molar-refractivity contribution in [1.29, 1.82) is 0 Å². The summed E-state index contributed by atoms with van der Waals surface area (Å²) in [6.07, 6.45) is 0. The molecule has 0 aliphatic heterocycles. The molecule has 14 heavy (non-hydrogen) atoms. The predicted octanol–water partition coefficient (Wildman–Crippen LogP) is 2.67. The molecule has 4 heteroatoms. The first-order valence-electron chi connectivity index (χ1n) is 4.02.